The van der Waals surface area contributed by atoms with Gasteiger partial charge in [0.2, 0.25) is 5.88 Å². The fraction of sp³-hybridized carbons (Fsp3) is 0.333. The zero-order chi connectivity index (χ0) is 11.4. The fourth-order valence-electron chi connectivity index (χ4n) is 1.06. The van der Waals surface area contributed by atoms with Gasteiger partial charge in [-0.15, -0.1) is 0 Å². The van der Waals surface area contributed by atoms with E-state index in [9.17, 15) is 4.79 Å². The van der Waals surface area contributed by atoms with Crippen molar-refractivity contribution in [2.75, 3.05) is 19.5 Å². The number of esters is 1. The maximum Gasteiger partial charge on any atom is 0.345 e. The molecule has 0 aliphatic rings. The Labute approximate surface area is 92.1 Å². The summed E-state index contributed by atoms with van der Waals surface area (Å²) in [4.78, 5) is 15.2. The highest BCUT2D eigenvalue weighted by Crippen LogP contribution is 2.26. The topological polar surface area (TPSA) is 74.4 Å². The van der Waals surface area contributed by atoms with Gasteiger partial charge in [0, 0.05) is 0 Å². The Bertz CT molecular complexity index is 382. The van der Waals surface area contributed by atoms with Crippen molar-refractivity contribution in [2.45, 2.75) is 6.92 Å². The van der Waals surface area contributed by atoms with Gasteiger partial charge in [0.15, 0.2) is 0 Å². The molecule has 1 heterocycles. The number of carbonyl (C=O) groups excluding carboxylic acids is 1. The van der Waals surface area contributed by atoms with Crippen LogP contribution in [0, 0.1) is 0 Å². The van der Waals surface area contributed by atoms with Gasteiger partial charge in [-0.25, -0.2) is 9.78 Å². The third-order valence-electron chi connectivity index (χ3n) is 1.66. The van der Waals surface area contributed by atoms with Crippen molar-refractivity contribution >= 4 is 23.3 Å². The number of carbonyl (C=O) groups is 1. The second kappa shape index (κ2) is 4.84. The first kappa shape index (κ1) is 11.6. The Morgan fingerprint density at radius 1 is 1.67 bits per heavy atom. The third kappa shape index (κ3) is 2.50. The average molecular weight is 231 g/mol. The van der Waals surface area contributed by atoms with Crippen LogP contribution >= 0.6 is 11.6 Å². The maximum atomic E-state index is 11.4. The summed E-state index contributed by atoms with van der Waals surface area (Å²) >= 11 is 5.68. The second-order valence-electron chi connectivity index (χ2n) is 2.64. The fourth-order valence-corrected chi connectivity index (χ4v) is 1.25. The molecule has 1 aromatic heterocycles. The lowest BCUT2D eigenvalue weighted by Gasteiger charge is -2.09. The van der Waals surface area contributed by atoms with E-state index in [-0.39, 0.29) is 22.3 Å². The summed E-state index contributed by atoms with van der Waals surface area (Å²) in [6, 6.07) is 1.37. The molecular weight excluding hydrogens is 220 g/mol. The minimum Gasteiger partial charge on any atom is -0.477 e. The zero-order valence-corrected chi connectivity index (χ0v) is 9.17. The molecule has 0 bridgehead atoms. The maximum absolute atomic E-state index is 11.4. The van der Waals surface area contributed by atoms with E-state index in [0.717, 1.165) is 0 Å². The first-order valence-electron chi connectivity index (χ1n) is 4.27. The number of hydrogen-bond donors (Lipinski definition) is 1. The molecular formula is C9H11ClN2O3. The Morgan fingerprint density at radius 2 is 2.33 bits per heavy atom. The van der Waals surface area contributed by atoms with Crippen molar-refractivity contribution in [3.8, 4) is 5.88 Å². The molecule has 1 rings (SSSR count). The third-order valence-corrected chi connectivity index (χ3v) is 1.85. The van der Waals surface area contributed by atoms with Crippen molar-refractivity contribution in [2.24, 2.45) is 0 Å². The van der Waals surface area contributed by atoms with Crippen LogP contribution in [0.4, 0.5) is 5.69 Å². The molecule has 0 radical (unpaired) electrons. The lowest BCUT2D eigenvalue weighted by atomic mass is 10.2. The number of anilines is 1. The number of hydrogen-bond acceptors (Lipinski definition) is 5. The Hall–Kier alpha value is -1.49. The molecule has 0 amide bonds. The molecule has 6 heteroatoms. The predicted octanol–water partition coefficient (Wildman–Crippen LogP) is 1.50. The highest BCUT2D eigenvalue weighted by molar-refractivity contribution is 6.30. The Kier molecular flexibility index (Phi) is 3.74. The predicted molar refractivity (Wildman–Crippen MR) is 56.2 cm³/mol. The number of pyridine rings is 1. The number of methoxy groups -OCH3 is 1. The van der Waals surface area contributed by atoms with Crippen LogP contribution in [0.3, 0.4) is 0 Å². The molecule has 1 aromatic rings. The molecule has 0 spiro atoms. The standard InChI is InChI=1S/C9H11ClN2O3/c1-3-15-8-7(9(13)14-2)5(11)4-6(10)12-8/h4H,3H2,1-2H3,(H2,11,12). The Morgan fingerprint density at radius 3 is 2.87 bits per heavy atom. The number of halogens is 1. The molecule has 0 aromatic carbocycles. The van der Waals surface area contributed by atoms with E-state index in [1.807, 2.05) is 0 Å². The lowest BCUT2D eigenvalue weighted by Crippen LogP contribution is -2.10. The number of ether oxygens (including phenoxy) is 2. The van der Waals surface area contributed by atoms with Gasteiger partial charge < -0.3 is 15.2 Å². The second-order valence-corrected chi connectivity index (χ2v) is 3.03. The van der Waals surface area contributed by atoms with Crippen LogP contribution in [0.1, 0.15) is 17.3 Å². The van der Waals surface area contributed by atoms with Crippen molar-refractivity contribution < 1.29 is 14.3 Å². The van der Waals surface area contributed by atoms with Crippen LogP contribution in [0.15, 0.2) is 6.07 Å². The number of nitrogen functional groups attached to an aromatic ring is 1. The van der Waals surface area contributed by atoms with E-state index < -0.39 is 5.97 Å². The van der Waals surface area contributed by atoms with Crippen LogP contribution in [0.25, 0.3) is 0 Å². The summed E-state index contributed by atoms with van der Waals surface area (Å²) in [7, 11) is 1.26. The van der Waals surface area contributed by atoms with Crippen LogP contribution in [0.2, 0.25) is 5.15 Å². The minimum atomic E-state index is -0.597. The molecule has 0 atom stereocenters. The summed E-state index contributed by atoms with van der Waals surface area (Å²) in [6.45, 7) is 2.12. The molecule has 0 fully saturated rings. The van der Waals surface area contributed by atoms with Gasteiger partial charge in [0.05, 0.1) is 19.4 Å². The van der Waals surface area contributed by atoms with E-state index in [0.29, 0.717) is 6.61 Å². The summed E-state index contributed by atoms with van der Waals surface area (Å²) in [5.74, 6) is -0.505. The smallest absolute Gasteiger partial charge is 0.345 e. The van der Waals surface area contributed by atoms with Gasteiger partial charge in [0.1, 0.15) is 10.7 Å². The molecule has 15 heavy (non-hydrogen) atoms. The van der Waals surface area contributed by atoms with Gasteiger partial charge in [-0.1, -0.05) is 11.6 Å². The van der Waals surface area contributed by atoms with Gasteiger partial charge in [-0.05, 0) is 13.0 Å². The molecule has 5 nitrogen and oxygen atoms in total. The Balaban J connectivity index is 3.26. The van der Waals surface area contributed by atoms with Crippen LogP contribution in [-0.4, -0.2) is 24.7 Å². The molecule has 0 aliphatic heterocycles. The van der Waals surface area contributed by atoms with E-state index in [1.165, 1.54) is 13.2 Å². The average Bonchev–Trinajstić information content (AvgIpc) is 2.16. The van der Waals surface area contributed by atoms with E-state index in [4.69, 9.17) is 22.1 Å². The molecule has 0 saturated heterocycles. The normalized spacial score (nSPS) is 9.80. The van der Waals surface area contributed by atoms with E-state index >= 15 is 0 Å². The minimum absolute atomic E-state index is 0.0920. The van der Waals surface area contributed by atoms with Crippen molar-refractivity contribution in [3.05, 3.63) is 16.8 Å². The SMILES string of the molecule is CCOc1nc(Cl)cc(N)c1C(=O)OC. The number of nitrogens with two attached hydrogens (primary N) is 1. The molecule has 2 N–H and O–H groups in total. The van der Waals surface area contributed by atoms with Crippen molar-refractivity contribution in [1.29, 1.82) is 0 Å². The first-order chi connectivity index (χ1) is 7.10. The summed E-state index contributed by atoms with van der Waals surface area (Å²) in [6.07, 6.45) is 0. The number of rotatable bonds is 3. The molecule has 0 aliphatic carbocycles. The first-order valence-corrected chi connectivity index (χ1v) is 4.65. The highest BCUT2D eigenvalue weighted by atomic mass is 35.5. The van der Waals surface area contributed by atoms with Crippen LogP contribution in [-0.2, 0) is 4.74 Å². The van der Waals surface area contributed by atoms with Gasteiger partial charge in [-0.3, -0.25) is 0 Å². The zero-order valence-electron chi connectivity index (χ0n) is 8.41. The van der Waals surface area contributed by atoms with Gasteiger partial charge >= 0.3 is 5.97 Å². The number of nitrogens with zero attached hydrogens (tertiary/aromatic N) is 1. The van der Waals surface area contributed by atoms with Gasteiger partial charge in [-0.2, -0.15) is 0 Å². The summed E-state index contributed by atoms with van der Waals surface area (Å²) in [5.41, 5.74) is 5.91. The quantitative estimate of drug-likeness (QED) is 0.629. The van der Waals surface area contributed by atoms with E-state index in [2.05, 4.69) is 9.72 Å². The monoisotopic (exact) mass is 230 g/mol. The van der Waals surface area contributed by atoms with Crippen molar-refractivity contribution in [3.63, 3.8) is 0 Å². The molecule has 0 saturated carbocycles. The van der Waals surface area contributed by atoms with E-state index in [1.54, 1.807) is 6.92 Å². The van der Waals surface area contributed by atoms with Crippen LogP contribution in [0.5, 0.6) is 5.88 Å². The lowest BCUT2D eigenvalue weighted by molar-refractivity contribution is 0.0596. The van der Waals surface area contributed by atoms with Crippen LogP contribution < -0.4 is 10.5 Å². The largest absolute Gasteiger partial charge is 0.477 e. The summed E-state index contributed by atoms with van der Waals surface area (Å²) in [5, 5.41) is 0.170. The molecule has 0 unspecified atom stereocenters. The van der Waals surface area contributed by atoms with Gasteiger partial charge in [0.25, 0.3) is 0 Å². The highest BCUT2D eigenvalue weighted by Gasteiger charge is 2.19. The number of aromatic nitrogens is 1. The van der Waals surface area contributed by atoms with Crippen molar-refractivity contribution in [1.82, 2.24) is 4.98 Å². The molecule has 82 valence electrons. The summed E-state index contributed by atoms with van der Waals surface area (Å²) < 4.78 is 9.71.